The van der Waals surface area contributed by atoms with Gasteiger partial charge in [0, 0.05) is 18.0 Å². The second-order valence-corrected chi connectivity index (χ2v) is 5.90. The zero-order valence-electron chi connectivity index (χ0n) is 13.7. The molecule has 2 aromatic rings. The number of carbonyl (C=O) groups excluding carboxylic acids is 1. The van der Waals surface area contributed by atoms with Gasteiger partial charge in [0.25, 0.3) is 0 Å². The summed E-state index contributed by atoms with van der Waals surface area (Å²) in [7, 11) is 4.62. The second-order valence-electron chi connectivity index (χ2n) is 4.85. The fourth-order valence-corrected chi connectivity index (χ4v) is 2.93. The van der Waals surface area contributed by atoms with Crippen LogP contribution in [0, 0.1) is 5.39 Å². The summed E-state index contributed by atoms with van der Waals surface area (Å²) < 4.78 is 10.5. The van der Waals surface area contributed by atoms with E-state index in [4.69, 9.17) is 14.9 Å². The number of thioether (sulfide) groups is 1. The number of benzene rings is 2. The highest BCUT2D eigenvalue weighted by molar-refractivity contribution is 8.00. The number of nitrogens with zero attached hydrogens (tertiary/aromatic N) is 3. The van der Waals surface area contributed by atoms with Crippen LogP contribution in [0.2, 0.25) is 0 Å². The lowest BCUT2D eigenvalue weighted by atomic mass is 10.2. The molecule has 0 aliphatic rings. The number of diazo groups is 1. The van der Waals surface area contributed by atoms with Crippen molar-refractivity contribution < 1.29 is 14.3 Å². The Balaban J connectivity index is 2.20. The molecule has 0 saturated carbocycles. The molecule has 0 heterocycles. The van der Waals surface area contributed by atoms with Gasteiger partial charge in [0.05, 0.1) is 31.7 Å². The summed E-state index contributed by atoms with van der Waals surface area (Å²) in [6.45, 7) is 0. The van der Waals surface area contributed by atoms with Crippen LogP contribution in [0.25, 0.3) is 4.98 Å². The third kappa shape index (κ3) is 3.97. The molecule has 2 aromatic carbocycles. The Labute approximate surface area is 145 Å². The maximum absolute atomic E-state index is 12.5. The number of rotatable bonds is 6. The molecule has 2 rings (SSSR count). The maximum Gasteiger partial charge on any atom is 0.430 e. The van der Waals surface area contributed by atoms with E-state index in [0.29, 0.717) is 17.2 Å². The van der Waals surface area contributed by atoms with Gasteiger partial charge >= 0.3 is 5.69 Å². The van der Waals surface area contributed by atoms with Crippen molar-refractivity contribution in [1.82, 2.24) is 0 Å². The summed E-state index contributed by atoms with van der Waals surface area (Å²) in [5.41, 5.74) is 0.776. The monoisotopic (exact) mass is 344 g/mol. The average molecular weight is 344 g/mol. The molecule has 0 atom stereocenters. The van der Waals surface area contributed by atoms with E-state index >= 15 is 0 Å². The lowest BCUT2D eigenvalue weighted by molar-refractivity contribution is -0.115. The number of hydrogen-bond acceptors (Lipinski definition) is 5. The first kappa shape index (κ1) is 17.6. The summed E-state index contributed by atoms with van der Waals surface area (Å²) in [6.07, 6.45) is 0. The molecule has 124 valence electrons. The van der Waals surface area contributed by atoms with E-state index in [2.05, 4.69) is 4.98 Å². The van der Waals surface area contributed by atoms with Crippen LogP contribution in [-0.4, -0.2) is 32.9 Å². The van der Waals surface area contributed by atoms with Crippen LogP contribution in [0.4, 0.5) is 11.4 Å². The molecule has 0 saturated heterocycles. The minimum absolute atomic E-state index is 0.0853. The Morgan fingerprint density at radius 3 is 2.42 bits per heavy atom. The van der Waals surface area contributed by atoms with Gasteiger partial charge in [-0.05, 0) is 12.1 Å². The van der Waals surface area contributed by atoms with Crippen molar-refractivity contribution in [3.05, 3.63) is 47.4 Å². The minimum atomic E-state index is -0.0853. The molecule has 1 amide bonds. The summed E-state index contributed by atoms with van der Waals surface area (Å²) >= 11 is 1.46. The molecule has 0 aliphatic heterocycles. The Hall–Kier alpha value is -2.72. The summed E-state index contributed by atoms with van der Waals surface area (Å²) in [5, 5.41) is 9.02. The second kappa shape index (κ2) is 8.22. The van der Waals surface area contributed by atoms with Crippen LogP contribution < -0.4 is 14.4 Å². The molecule has 0 unspecified atom stereocenters. The van der Waals surface area contributed by atoms with Gasteiger partial charge in [-0.15, -0.1) is 11.8 Å². The molecule has 6 nitrogen and oxygen atoms in total. The lowest BCUT2D eigenvalue weighted by Crippen LogP contribution is -2.28. The molecular weight excluding hydrogens is 326 g/mol. The van der Waals surface area contributed by atoms with E-state index in [1.165, 1.54) is 36.9 Å². The van der Waals surface area contributed by atoms with Gasteiger partial charge in [0.1, 0.15) is 0 Å². The van der Waals surface area contributed by atoms with Crippen molar-refractivity contribution in [2.75, 3.05) is 31.9 Å². The number of carbonyl (C=O) groups is 1. The first-order chi connectivity index (χ1) is 11.6. The molecule has 0 bridgehead atoms. The largest absolute Gasteiger partial charge is 0.494 e. The molecule has 0 fully saturated rings. The molecule has 0 aromatic heterocycles. The van der Waals surface area contributed by atoms with Gasteiger partial charge in [-0.2, -0.15) is 0 Å². The molecule has 7 heteroatoms. The maximum atomic E-state index is 12.5. The molecule has 0 radical (unpaired) electrons. The van der Waals surface area contributed by atoms with Crippen LogP contribution in [0.5, 0.6) is 11.5 Å². The predicted molar refractivity (Wildman–Crippen MR) is 94.9 cm³/mol. The van der Waals surface area contributed by atoms with Crippen molar-refractivity contribution in [3.8, 4) is 11.5 Å². The first-order valence-corrected chi connectivity index (χ1v) is 8.14. The van der Waals surface area contributed by atoms with E-state index in [9.17, 15) is 4.79 Å². The Morgan fingerprint density at radius 1 is 1.17 bits per heavy atom. The molecule has 0 aliphatic carbocycles. The van der Waals surface area contributed by atoms with E-state index in [-0.39, 0.29) is 17.3 Å². The van der Waals surface area contributed by atoms with Gasteiger partial charge in [-0.25, -0.2) is 0 Å². The molecular formula is C17H18N3O3S+. The SMILES string of the molecule is COc1cc(N(C)C(=O)CSc2ccccc2)c(OC)cc1[N+]#N. The normalized spacial score (nSPS) is 9.92. The van der Waals surface area contributed by atoms with Crippen LogP contribution >= 0.6 is 11.8 Å². The molecule has 0 N–H and O–H groups in total. The lowest BCUT2D eigenvalue weighted by Gasteiger charge is -2.20. The highest BCUT2D eigenvalue weighted by atomic mass is 32.2. The Bertz CT molecular complexity index is 760. The summed E-state index contributed by atoms with van der Waals surface area (Å²) in [5.74, 6) is 0.976. The van der Waals surface area contributed by atoms with Gasteiger partial charge in [0.15, 0.2) is 10.7 Å². The van der Waals surface area contributed by atoms with Crippen LogP contribution in [-0.2, 0) is 4.79 Å². The van der Waals surface area contributed by atoms with Crippen molar-refractivity contribution in [1.29, 1.82) is 5.39 Å². The molecule has 24 heavy (non-hydrogen) atoms. The third-order valence-electron chi connectivity index (χ3n) is 3.43. The number of ether oxygens (including phenoxy) is 2. The predicted octanol–water partition coefficient (Wildman–Crippen LogP) is 3.94. The highest BCUT2D eigenvalue weighted by Gasteiger charge is 2.24. The van der Waals surface area contributed by atoms with E-state index in [1.54, 1.807) is 13.1 Å². The van der Waals surface area contributed by atoms with Gasteiger partial charge in [0.2, 0.25) is 17.0 Å². The number of methoxy groups -OCH3 is 2. The summed E-state index contributed by atoms with van der Waals surface area (Å²) in [6, 6.07) is 12.8. The van der Waals surface area contributed by atoms with Crippen LogP contribution in [0.15, 0.2) is 47.4 Å². The quantitative estimate of drug-likeness (QED) is 0.586. The van der Waals surface area contributed by atoms with E-state index < -0.39 is 0 Å². The Kier molecular flexibility index (Phi) is 6.04. The number of amides is 1. The zero-order valence-corrected chi connectivity index (χ0v) is 14.5. The first-order valence-electron chi connectivity index (χ1n) is 7.16. The zero-order chi connectivity index (χ0) is 17.5. The highest BCUT2D eigenvalue weighted by Crippen LogP contribution is 2.39. The fraction of sp³-hybridized carbons (Fsp3) is 0.235. The van der Waals surface area contributed by atoms with Crippen molar-refractivity contribution in [3.63, 3.8) is 0 Å². The van der Waals surface area contributed by atoms with Gasteiger partial charge in [-0.1, -0.05) is 18.2 Å². The van der Waals surface area contributed by atoms with Gasteiger partial charge < -0.3 is 14.4 Å². The smallest absolute Gasteiger partial charge is 0.430 e. The van der Waals surface area contributed by atoms with Gasteiger partial charge in [-0.3, -0.25) is 4.79 Å². The minimum Gasteiger partial charge on any atom is -0.494 e. The fourth-order valence-electron chi connectivity index (χ4n) is 2.10. The van der Waals surface area contributed by atoms with Crippen LogP contribution in [0.1, 0.15) is 0 Å². The van der Waals surface area contributed by atoms with Crippen molar-refractivity contribution >= 4 is 29.0 Å². The van der Waals surface area contributed by atoms with E-state index in [0.717, 1.165) is 4.90 Å². The van der Waals surface area contributed by atoms with Crippen LogP contribution in [0.3, 0.4) is 0 Å². The topological polar surface area (TPSA) is 66.9 Å². The Morgan fingerprint density at radius 2 is 1.83 bits per heavy atom. The summed E-state index contributed by atoms with van der Waals surface area (Å²) in [4.78, 5) is 18.2. The van der Waals surface area contributed by atoms with Crippen molar-refractivity contribution in [2.45, 2.75) is 4.90 Å². The molecule has 0 spiro atoms. The number of anilines is 1. The average Bonchev–Trinajstić information content (AvgIpc) is 2.65. The van der Waals surface area contributed by atoms with Crippen molar-refractivity contribution in [2.24, 2.45) is 0 Å². The third-order valence-corrected chi connectivity index (χ3v) is 4.43. The van der Waals surface area contributed by atoms with E-state index in [1.807, 2.05) is 30.3 Å². The standard InChI is InChI=1S/C17H18N3O3S/c1-20(17(21)11-24-12-7-5-4-6-8-12)14-10-15(22-2)13(19-18)9-16(14)23-3/h4-10H,11H2,1-3H3/q+1. The number of hydrogen-bond donors (Lipinski definition) is 0.